The second kappa shape index (κ2) is 4.75. The molecule has 1 aromatic rings. The Kier molecular flexibility index (Phi) is 3.36. The quantitative estimate of drug-likeness (QED) is 0.749. The molecule has 2 rings (SSSR count). The third kappa shape index (κ3) is 2.56. The molecule has 1 aliphatic heterocycles. The Morgan fingerprint density at radius 2 is 1.87 bits per heavy atom. The van der Waals surface area contributed by atoms with Crippen molar-refractivity contribution in [3.8, 4) is 0 Å². The van der Waals surface area contributed by atoms with Crippen molar-refractivity contribution < 1.29 is 4.52 Å². The number of rotatable bonds is 2. The molecule has 1 fully saturated rings. The van der Waals surface area contributed by atoms with E-state index in [1.165, 1.54) is 25.7 Å². The van der Waals surface area contributed by atoms with Gasteiger partial charge in [-0.2, -0.15) is 4.98 Å². The second-order valence-corrected chi connectivity index (χ2v) is 4.31. The maximum absolute atomic E-state index is 5.22. The van der Waals surface area contributed by atoms with Gasteiger partial charge in [-0.15, -0.1) is 0 Å². The van der Waals surface area contributed by atoms with Crippen LogP contribution in [0.2, 0.25) is 0 Å². The van der Waals surface area contributed by atoms with E-state index in [0.717, 1.165) is 24.8 Å². The zero-order valence-electron chi connectivity index (χ0n) is 9.57. The first kappa shape index (κ1) is 10.6. The van der Waals surface area contributed by atoms with E-state index >= 15 is 0 Å². The van der Waals surface area contributed by atoms with E-state index in [-0.39, 0.29) is 6.04 Å². The fraction of sp³-hybridized carbons (Fsp3) is 0.818. The lowest BCUT2D eigenvalue weighted by molar-refractivity contribution is 0.179. The van der Waals surface area contributed by atoms with E-state index in [0.29, 0.717) is 0 Å². The Balaban J connectivity index is 2.02. The third-order valence-electron chi connectivity index (χ3n) is 3.09. The Bertz CT molecular complexity index is 303. The molecule has 0 saturated carbocycles. The highest BCUT2D eigenvalue weighted by Crippen LogP contribution is 2.22. The third-order valence-corrected chi connectivity index (χ3v) is 3.09. The molecule has 2 heterocycles. The molecule has 0 aromatic carbocycles. The van der Waals surface area contributed by atoms with Crippen LogP contribution in [0.3, 0.4) is 0 Å². The average molecular weight is 209 g/mol. The maximum Gasteiger partial charge on any atom is 0.243 e. The molecule has 4 nitrogen and oxygen atoms in total. The Labute approximate surface area is 90.7 Å². The minimum Gasteiger partial charge on any atom is -0.338 e. The fourth-order valence-corrected chi connectivity index (χ4v) is 2.12. The molecule has 1 saturated heterocycles. The summed E-state index contributed by atoms with van der Waals surface area (Å²) in [5, 5.41) is 3.84. The Morgan fingerprint density at radius 3 is 2.40 bits per heavy atom. The van der Waals surface area contributed by atoms with Crippen LogP contribution in [0.1, 0.15) is 50.4 Å². The molecule has 0 bridgehead atoms. The summed E-state index contributed by atoms with van der Waals surface area (Å²) < 4.78 is 5.22. The van der Waals surface area contributed by atoms with Crippen LogP contribution in [-0.4, -0.2) is 28.1 Å². The van der Waals surface area contributed by atoms with Crippen LogP contribution in [-0.2, 0) is 0 Å². The van der Waals surface area contributed by atoms with Crippen LogP contribution in [0.5, 0.6) is 0 Å². The van der Waals surface area contributed by atoms with Gasteiger partial charge in [0.25, 0.3) is 0 Å². The molecular formula is C11H19N3O. The van der Waals surface area contributed by atoms with Crippen molar-refractivity contribution in [3.63, 3.8) is 0 Å². The second-order valence-electron chi connectivity index (χ2n) is 4.31. The monoisotopic (exact) mass is 209 g/mol. The van der Waals surface area contributed by atoms with Gasteiger partial charge in [-0.05, 0) is 39.8 Å². The SMILES string of the molecule is Cc1noc([C@H](C)N2CCCCCC2)n1. The highest BCUT2D eigenvalue weighted by molar-refractivity contribution is 4.90. The summed E-state index contributed by atoms with van der Waals surface area (Å²) in [5.41, 5.74) is 0. The van der Waals surface area contributed by atoms with Crippen LogP contribution in [0.4, 0.5) is 0 Å². The van der Waals surface area contributed by atoms with Crippen molar-refractivity contribution in [1.82, 2.24) is 15.0 Å². The van der Waals surface area contributed by atoms with Gasteiger partial charge in [0.15, 0.2) is 5.82 Å². The van der Waals surface area contributed by atoms with Crippen LogP contribution < -0.4 is 0 Å². The molecule has 1 aliphatic rings. The topological polar surface area (TPSA) is 42.2 Å². The van der Waals surface area contributed by atoms with Crippen LogP contribution >= 0.6 is 0 Å². The Hall–Kier alpha value is -0.900. The summed E-state index contributed by atoms with van der Waals surface area (Å²) in [4.78, 5) is 6.74. The van der Waals surface area contributed by atoms with Gasteiger partial charge < -0.3 is 4.52 Å². The van der Waals surface area contributed by atoms with E-state index < -0.39 is 0 Å². The minimum absolute atomic E-state index is 0.268. The highest BCUT2D eigenvalue weighted by atomic mass is 16.5. The fourth-order valence-electron chi connectivity index (χ4n) is 2.12. The zero-order chi connectivity index (χ0) is 10.7. The normalized spacial score (nSPS) is 21.2. The van der Waals surface area contributed by atoms with Crippen molar-refractivity contribution in [1.29, 1.82) is 0 Å². The van der Waals surface area contributed by atoms with E-state index in [2.05, 4.69) is 22.0 Å². The van der Waals surface area contributed by atoms with Gasteiger partial charge in [0.2, 0.25) is 5.89 Å². The summed E-state index contributed by atoms with van der Waals surface area (Å²) in [7, 11) is 0. The highest BCUT2D eigenvalue weighted by Gasteiger charge is 2.21. The average Bonchev–Trinajstić information content (AvgIpc) is 2.53. The summed E-state index contributed by atoms with van der Waals surface area (Å²) in [6.07, 6.45) is 5.28. The van der Waals surface area contributed by atoms with E-state index in [9.17, 15) is 0 Å². The van der Waals surface area contributed by atoms with E-state index in [1.807, 2.05) is 6.92 Å². The lowest BCUT2D eigenvalue weighted by Crippen LogP contribution is -2.28. The van der Waals surface area contributed by atoms with Crippen molar-refractivity contribution in [2.75, 3.05) is 13.1 Å². The molecule has 15 heavy (non-hydrogen) atoms. The number of nitrogens with zero attached hydrogens (tertiary/aromatic N) is 3. The molecule has 1 aromatic heterocycles. The van der Waals surface area contributed by atoms with Crippen molar-refractivity contribution in [2.24, 2.45) is 0 Å². The summed E-state index contributed by atoms with van der Waals surface area (Å²) in [6.45, 7) is 6.33. The molecular weight excluding hydrogens is 190 g/mol. The standard InChI is InChI=1S/C11H19N3O/c1-9(11-12-10(2)13-15-11)14-7-5-3-4-6-8-14/h9H,3-8H2,1-2H3/t9-/m0/s1. The number of likely N-dealkylation sites (tertiary alicyclic amines) is 1. The first-order valence-electron chi connectivity index (χ1n) is 5.81. The summed E-state index contributed by atoms with van der Waals surface area (Å²) >= 11 is 0. The smallest absolute Gasteiger partial charge is 0.243 e. The van der Waals surface area contributed by atoms with Crippen LogP contribution in [0, 0.1) is 6.92 Å². The minimum atomic E-state index is 0.268. The predicted molar refractivity (Wildman–Crippen MR) is 57.5 cm³/mol. The van der Waals surface area contributed by atoms with Gasteiger partial charge in [-0.25, -0.2) is 0 Å². The zero-order valence-corrected chi connectivity index (χ0v) is 9.57. The van der Waals surface area contributed by atoms with Gasteiger partial charge in [-0.3, -0.25) is 4.90 Å². The molecule has 4 heteroatoms. The molecule has 0 unspecified atom stereocenters. The van der Waals surface area contributed by atoms with Crippen LogP contribution in [0.15, 0.2) is 4.52 Å². The van der Waals surface area contributed by atoms with Crippen LogP contribution in [0.25, 0.3) is 0 Å². The molecule has 1 atom stereocenters. The Morgan fingerprint density at radius 1 is 1.20 bits per heavy atom. The van der Waals surface area contributed by atoms with Crippen molar-refractivity contribution in [3.05, 3.63) is 11.7 Å². The van der Waals surface area contributed by atoms with E-state index in [1.54, 1.807) is 0 Å². The number of hydrogen-bond donors (Lipinski definition) is 0. The lowest BCUT2D eigenvalue weighted by atomic mass is 10.2. The lowest BCUT2D eigenvalue weighted by Gasteiger charge is -2.24. The number of aromatic nitrogens is 2. The molecule has 0 spiro atoms. The van der Waals surface area contributed by atoms with Crippen molar-refractivity contribution >= 4 is 0 Å². The first-order valence-corrected chi connectivity index (χ1v) is 5.81. The predicted octanol–water partition coefficient (Wildman–Crippen LogP) is 2.32. The maximum atomic E-state index is 5.22. The van der Waals surface area contributed by atoms with Gasteiger partial charge in [-0.1, -0.05) is 18.0 Å². The molecule has 84 valence electrons. The van der Waals surface area contributed by atoms with Gasteiger partial charge in [0.1, 0.15) is 0 Å². The van der Waals surface area contributed by atoms with E-state index in [4.69, 9.17) is 4.52 Å². The largest absolute Gasteiger partial charge is 0.338 e. The molecule has 0 radical (unpaired) electrons. The molecule has 0 aliphatic carbocycles. The summed E-state index contributed by atoms with van der Waals surface area (Å²) in [5.74, 6) is 1.49. The molecule has 0 amide bonds. The molecule has 0 N–H and O–H groups in total. The number of hydrogen-bond acceptors (Lipinski definition) is 4. The van der Waals surface area contributed by atoms with Gasteiger partial charge in [0, 0.05) is 0 Å². The van der Waals surface area contributed by atoms with Gasteiger partial charge >= 0.3 is 0 Å². The summed E-state index contributed by atoms with van der Waals surface area (Å²) in [6, 6.07) is 0.268. The van der Waals surface area contributed by atoms with Crippen molar-refractivity contribution in [2.45, 2.75) is 45.6 Å². The first-order chi connectivity index (χ1) is 7.27. The number of aryl methyl sites for hydroxylation is 1. The van der Waals surface area contributed by atoms with Gasteiger partial charge in [0.05, 0.1) is 6.04 Å².